The van der Waals surface area contributed by atoms with Crippen LogP contribution < -0.4 is 5.32 Å². The van der Waals surface area contributed by atoms with Gasteiger partial charge in [0, 0.05) is 13.0 Å². The molecule has 1 atom stereocenters. The lowest BCUT2D eigenvalue weighted by Crippen LogP contribution is -2.40. The number of amides is 1. The third kappa shape index (κ3) is 5.70. The lowest BCUT2D eigenvalue weighted by atomic mass is 9.92. The Morgan fingerprint density at radius 2 is 2.17 bits per heavy atom. The number of rotatable bonds is 4. The molecule has 1 heterocycles. The normalized spacial score (nSPS) is 19.2. The maximum atomic E-state index is 11.9. The van der Waals surface area contributed by atoms with E-state index in [1.807, 2.05) is 0 Å². The lowest BCUT2D eigenvalue weighted by Gasteiger charge is -2.19. The molecule has 0 aromatic rings. The Morgan fingerprint density at radius 1 is 1.50 bits per heavy atom. The second kappa shape index (κ2) is 7.60. The summed E-state index contributed by atoms with van der Waals surface area (Å²) in [5, 5.41) is 3.17. The summed E-state index contributed by atoms with van der Waals surface area (Å²) in [6.07, 6.45) is 2.62. The van der Waals surface area contributed by atoms with Crippen LogP contribution in [0.15, 0.2) is 0 Å². The number of likely N-dealkylation sites (tertiary alicyclic amines) is 1. The molecule has 1 fully saturated rings. The molecule has 0 aliphatic carbocycles. The first-order valence-corrected chi connectivity index (χ1v) is 6.31. The third-order valence-electron chi connectivity index (χ3n) is 3.02. The molecule has 5 heteroatoms. The largest absolute Gasteiger partial charge is 0.308 e. The lowest BCUT2D eigenvalue weighted by molar-refractivity contribution is -0.130. The van der Waals surface area contributed by atoms with Gasteiger partial charge in [-0.25, -0.2) is 6.57 Å². The van der Waals surface area contributed by atoms with E-state index in [4.69, 9.17) is 6.57 Å². The van der Waals surface area contributed by atoms with Crippen LogP contribution in [-0.2, 0) is 4.79 Å². The van der Waals surface area contributed by atoms with Gasteiger partial charge in [-0.15, -0.1) is 12.4 Å². The van der Waals surface area contributed by atoms with Crippen molar-refractivity contribution < 1.29 is 4.79 Å². The first-order valence-electron chi connectivity index (χ1n) is 6.31. The molecule has 0 spiro atoms. The summed E-state index contributed by atoms with van der Waals surface area (Å²) in [5.41, 5.74) is 0.294. The molecule has 1 saturated heterocycles. The van der Waals surface area contributed by atoms with Gasteiger partial charge in [0.05, 0.1) is 6.54 Å². The van der Waals surface area contributed by atoms with E-state index in [0.717, 1.165) is 32.4 Å². The smallest absolute Gasteiger partial charge is 0.300 e. The highest BCUT2D eigenvalue weighted by Gasteiger charge is 2.32. The summed E-state index contributed by atoms with van der Waals surface area (Å²) in [6.45, 7) is 15.5. The zero-order valence-electron chi connectivity index (χ0n) is 11.5. The quantitative estimate of drug-likeness (QED) is 0.630. The first-order chi connectivity index (χ1) is 7.94. The number of hydrogen-bond acceptors (Lipinski definition) is 2. The summed E-state index contributed by atoms with van der Waals surface area (Å²) in [7, 11) is 0. The van der Waals surface area contributed by atoms with Crippen molar-refractivity contribution in [2.45, 2.75) is 46.2 Å². The molecule has 104 valence electrons. The Hall–Kier alpha value is -0.790. The summed E-state index contributed by atoms with van der Waals surface area (Å²) >= 11 is 0. The van der Waals surface area contributed by atoms with Crippen molar-refractivity contribution in [3.63, 3.8) is 0 Å². The Kier molecular flexibility index (Phi) is 7.27. The molecule has 1 rings (SSSR count). The van der Waals surface area contributed by atoms with E-state index in [2.05, 4.69) is 30.9 Å². The molecular formula is C13H24ClN3O. The molecule has 0 aromatic carbocycles. The number of carbonyl (C=O) groups is 1. The van der Waals surface area contributed by atoms with Crippen LogP contribution >= 0.6 is 12.4 Å². The Balaban J connectivity index is 0.00000289. The monoisotopic (exact) mass is 273 g/mol. The van der Waals surface area contributed by atoms with Gasteiger partial charge in [-0.05, 0) is 24.8 Å². The van der Waals surface area contributed by atoms with Gasteiger partial charge in [0.15, 0.2) is 0 Å². The molecule has 1 amide bonds. The molecule has 1 aliphatic heterocycles. The van der Waals surface area contributed by atoms with Crippen molar-refractivity contribution in [2.75, 3.05) is 19.6 Å². The van der Waals surface area contributed by atoms with E-state index in [1.54, 1.807) is 4.90 Å². The average molecular weight is 274 g/mol. The van der Waals surface area contributed by atoms with E-state index >= 15 is 0 Å². The maximum Gasteiger partial charge on any atom is 0.300 e. The van der Waals surface area contributed by atoms with E-state index < -0.39 is 0 Å². The minimum Gasteiger partial charge on any atom is -0.308 e. The molecule has 18 heavy (non-hydrogen) atoms. The van der Waals surface area contributed by atoms with Crippen LogP contribution in [0.3, 0.4) is 0 Å². The molecule has 0 radical (unpaired) electrons. The van der Waals surface area contributed by atoms with Crippen LogP contribution in [-0.4, -0.2) is 36.6 Å². The second-order valence-electron chi connectivity index (χ2n) is 5.83. The maximum absolute atomic E-state index is 11.9. The highest BCUT2D eigenvalue weighted by molar-refractivity contribution is 5.85. The van der Waals surface area contributed by atoms with Crippen molar-refractivity contribution in [1.29, 1.82) is 0 Å². The Morgan fingerprint density at radius 3 is 2.72 bits per heavy atom. The van der Waals surface area contributed by atoms with Gasteiger partial charge in [-0.1, -0.05) is 20.8 Å². The molecule has 4 nitrogen and oxygen atoms in total. The first kappa shape index (κ1) is 17.2. The van der Waals surface area contributed by atoms with Crippen LogP contribution in [0.2, 0.25) is 0 Å². The van der Waals surface area contributed by atoms with Gasteiger partial charge >= 0.3 is 6.17 Å². The van der Waals surface area contributed by atoms with Gasteiger partial charge < -0.3 is 5.32 Å². The summed E-state index contributed by atoms with van der Waals surface area (Å²) < 4.78 is 0. The number of halogens is 1. The molecule has 0 bridgehead atoms. The second-order valence-corrected chi connectivity index (χ2v) is 5.83. The number of hydrogen-bond donors (Lipinski definition) is 1. The Labute approximate surface area is 116 Å². The molecule has 0 saturated carbocycles. The van der Waals surface area contributed by atoms with E-state index in [0.29, 0.717) is 12.0 Å². The average Bonchev–Trinajstić information content (AvgIpc) is 2.70. The predicted octanol–water partition coefficient (Wildman–Crippen LogP) is 2.30. The fourth-order valence-corrected chi connectivity index (χ4v) is 1.93. The zero-order chi connectivity index (χ0) is 12.9. The van der Waals surface area contributed by atoms with Gasteiger partial charge in [0.2, 0.25) is 5.91 Å². The predicted molar refractivity (Wildman–Crippen MR) is 75.5 cm³/mol. The summed E-state index contributed by atoms with van der Waals surface area (Å²) in [5.74, 6) is 0.0670. The Bertz CT molecular complexity index is 306. The SMILES string of the molecule is Cl.[C-]#[N+][C@@H]1CCCN1C(=O)CNCCC(C)(C)C. The van der Waals surface area contributed by atoms with Crippen LogP contribution in [0.4, 0.5) is 0 Å². The van der Waals surface area contributed by atoms with Crippen LogP contribution in [0.5, 0.6) is 0 Å². The highest BCUT2D eigenvalue weighted by Crippen LogP contribution is 2.18. The fraction of sp³-hybridized carbons (Fsp3) is 0.846. The highest BCUT2D eigenvalue weighted by atomic mass is 35.5. The van der Waals surface area contributed by atoms with Crippen LogP contribution in [0.1, 0.15) is 40.0 Å². The van der Waals surface area contributed by atoms with Crippen molar-refractivity contribution in [3.8, 4) is 0 Å². The number of nitrogens with one attached hydrogen (secondary N) is 1. The van der Waals surface area contributed by atoms with Gasteiger partial charge in [0.1, 0.15) is 0 Å². The molecule has 0 aromatic heterocycles. The van der Waals surface area contributed by atoms with Crippen molar-refractivity contribution in [2.24, 2.45) is 5.41 Å². The fourth-order valence-electron chi connectivity index (χ4n) is 1.93. The van der Waals surface area contributed by atoms with E-state index in [9.17, 15) is 4.79 Å². The zero-order valence-corrected chi connectivity index (χ0v) is 12.3. The topological polar surface area (TPSA) is 36.7 Å². The molecule has 1 aliphatic rings. The van der Waals surface area contributed by atoms with Gasteiger partial charge in [-0.2, -0.15) is 0 Å². The number of carbonyl (C=O) groups excluding carboxylic acids is 1. The minimum absolute atomic E-state index is 0. The van der Waals surface area contributed by atoms with Crippen LogP contribution in [0, 0.1) is 12.0 Å². The standard InChI is InChI=1S/C13H23N3O.ClH/c1-13(2,3)7-8-15-10-12(17)16-9-5-6-11(16)14-4;/h11,15H,5-10H2,1-3H3;1H/t11-;/m0./s1. The van der Waals surface area contributed by atoms with Crippen molar-refractivity contribution >= 4 is 18.3 Å². The van der Waals surface area contributed by atoms with Gasteiger partial charge in [-0.3, -0.25) is 14.5 Å². The molecule has 1 N–H and O–H groups in total. The summed E-state index contributed by atoms with van der Waals surface area (Å²) in [6, 6.07) is 0. The van der Waals surface area contributed by atoms with Crippen LogP contribution in [0.25, 0.3) is 4.85 Å². The van der Waals surface area contributed by atoms with Gasteiger partial charge in [0.25, 0.3) is 0 Å². The van der Waals surface area contributed by atoms with E-state index in [-0.39, 0.29) is 24.5 Å². The van der Waals surface area contributed by atoms with Crippen molar-refractivity contribution in [3.05, 3.63) is 11.4 Å². The number of nitrogens with zero attached hydrogens (tertiary/aromatic N) is 2. The minimum atomic E-state index is -0.216. The molecular weight excluding hydrogens is 250 g/mol. The third-order valence-corrected chi connectivity index (χ3v) is 3.02. The van der Waals surface area contributed by atoms with Crippen molar-refractivity contribution in [1.82, 2.24) is 10.2 Å². The van der Waals surface area contributed by atoms with E-state index in [1.165, 1.54) is 0 Å². The summed E-state index contributed by atoms with van der Waals surface area (Å²) in [4.78, 5) is 17.0. The molecule has 0 unspecified atom stereocenters.